The first-order chi connectivity index (χ1) is 14.1. The number of rotatable bonds is 7. The number of fused-ring (bicyclic) bond motifs is 1. The van der Waals surface area contributed by atoms with Crippen molar-refractivity contribution in [3.05, 3.63) is 48.9 Å². The molecule has 0 amide bonds. The Morgan fingerprint density at radius 3 is 2.72 bits per heavy atom. The molecule has 1 N–H and O–H groups in total. The van der Waals surface area contributed by atoms with E-state index >= 15 is 0 Å². The Labute approximate surface area is 170 Å². The summed E-state index contributed by atoms with van der Waals surface area (Å²) in [6.45, 7) is 2.29. The molecule has 29 heavy (non-hydrogen) atoms. The van der Waals surface area contributed by atoms with Crippen molar-refractivity contribution in [3.8, 4) is 0 Å². The summed E-state index contributed by atoms with van der Waals surface area (Å²) in [5.74, 6) is 1.33. The van der Waals surface area contributed by atoms with Gasteiger partial charge in [0.1, 0.15) is 10.7 Å². The number of para-hydroxylation sites is 2. The second kappa shape index (κ2) is 7.42. The van der Waals surface area contributed by atoms with Crippen LogP contribution in [-0.2, 0) is 16.6 Å². The summed E-state index contributed by atoms with van der Waals surface area (Å²) >= 11 is 0. The SMILES string of the molecule is O=S(=O)(NCC1CC1)c1ccc(N2CCCC2Cn2cnc3ccccc32)nc1. The fourth-order valence-electron chi connectivity index (χ4n) is 4.04. The first kappa shape index (κ1) is 18.6. The summed E-state index contributed by atoms with van der Waals surface area (Å²) < 4.78 is 29.7. The Bertz CT molecular complexity index is 1110. The normalized spacial score (nSPS) is 19.9. The van der Waals surface area contributed by atoms with E-state index in [4.69, 9.17) is 0 Å². The van der Waals surface area contributed by atoms with Crippen molar-refractivity contribution in [2.45, 2.75) is 43.2 Å². The van der Waals surface area contributed by atoms with E-state index in [2.05, 4.69) is 30.2 Å². The largest absolute Gasteiger partial charge is 0.352 e. The molecule has 8 heteroatoms. The van der Waals surface area contributed by atoms with Crippen LogP contribution in [0.5, 0.6) is 0 Å². The smallest absolute Gasteiger partial charge is 0.242 e. The van der Waals surface area contributed by atoms with Crippen molar-refractivity contribution in [1.29, 1.82) is 0 Å². The van der Waals surface area contributed by atoms with Gasteiger partial charge in [-0.15, -0.1) is 0 Å². The summed E-state index contributed by atoms with van der Waals surface area (Å²) in [4.78, 5) is 11.5. The van der Waals surface area contributed by atoms with Crippen LogP contribution in [0.25, 0.3) is 11.0 Å². The molecule has 152 valence electrons. The van der Waals surface area contributed by atoms with E-state index in [1.807, 2.05) is 30.6 Å². The van der Waals surface area contributed by atoms with Crippen LogP contribution >= 0.6 is 0 Å². The standard InChI is InChI=1S/C21H25N5O2S/c27-29(28,24-12-16-7-8-16)18-9-10-21(22-13-18)26-11-3-4-17(26)14-25-15-23-19-5-1-2-6-20(19)25/h1-2,5-6,9-10,13,15-17,24H,3-4,7-8,11-12,14H2. The minimum atomic E-state index is -3.48. The third kappa shape index (κ3) is 3.86. The van der Waals surface area contributed by atoms with Crippen molar-refractivity contribution in [3.63, 3.8) is 0 Å². The number of pyridine rings is 1. The second-order valence-corrected chi connectivity index (χ2v) is 9.79. The predicted molar refractivity (Wildman–Crippen MR) is 112 cm³/mol. The minimum Gasteiger partial charge on any atom is -0.352 e. The number of hydrogen-bond acceptors (Lipinski definition) is 5. The average Bonchev–Trinajstić information content (AvgIpc) is 3.32. The maximum Gasteiger partial charge on any atom is 0.242 e. The molecule has 0 spiro atoms. The van der Waals surface area contributed by atoms with Crippen molar-refractivity contribution < 1.29 is 8.42 Å². The van der Waals surface area contributed by atoms with Crippen LogP contribution in [0.15, 0.2) is 53.8 Å². The highest BCUT2D eigenvalue weighted by Crippen LogP contribution is 2.29. The molecule has 1 unspecified atom stereocenters. The fraction of sp³-hybridized carbons (Fsp3) is 0.429. The molecule has 1 saturated carbocycles. The Hall–Kier alpha value is -2.45. The molecule has 1 aromatic carbocycles. The zero-order chi connectivity index (χ0) is 19.8. The van der Waals surface area contributed by atoms with E-state index in [0.717, 1.165) is 55.6 Å². The van der Waals surface area contributed by atoms with Gasteiger partial charge in [-0.25, -0.2) is 23.1 Å². The summed E-state index contributed by atoms with van der Waals surface area (Å²) in [5.41, 5.74) is 2.14. The number of sulfonamides is 1. The number of anilines is 1. The lowest BCUT2D eigenvalue weighted by atomic mass is 10.2. The molecule has 3 aromatic rings. The Kier molecular flexibility index (Phi) is 4.75. The van der Waals surface area contributed by atoms with Gasteiger partial charge in [0, 0.05) is 31.9 Å². The van der Waals surface area contributed by atoms with Gasteiger partial charge in [0.2, 0.25) is 10.0 Å². The molecule has 7 nitrogen and oxygen atoms in total. The van der Waals surface area contributed by atoms with Crippen molar-refractivity contribution >= 4 is 26.9 Å². The van der Waals surface area contributed by atoms with E-state index in [0.29, 0.717) is 18.5 Å². The van der Waals surface area contributed by atoms with Crippen LogP contribution in [0.2, 0.25) is 0 Å². The fourth-order valence-corrected chi connectivity index (χ4v) is 5.10. The molecular weight excluding hydrogens is 386 g/mol. The zero-order valence-corrected chi connectivity index (χ0v) is 17.1. The second-order valence-electron chi connectivity index (χ2n) is 8.02. The number of imidazole rings is 1. The third-order valence-electron chi connectivity index (χ3n) is 5.90. The summed E-state index contributed by atoms with van der Waals surface area (Å²) in [6, 6.07) is 12.0. The van der Waals surface area contributed by atoms with Crippen LogP contribution in [-0.4, -0.2) is 42.1 Å². The van der Waals surface area contributed by atoms with Gasteiger partial charge in [-0.3, -0.25) is 0 Å². The summed E-state index contributed by atoms with van der Waals surface area (Å²) in [6.07, 6.45) is 7.78. The molecule has 1 aliphatic carbocycles. The van der Waals surface area contributed by atoms with Crippen molar-refractivity contribution in [2.75, 3.05) is 18.0 Å². The van der Waals surface area contributed by atoms with E-state index in [9.17, 15) is 8.42 Å². The monoisotopic (exact) mass is 411 g/mol. The highest BCUT2D eigenvalue weighted by Gasteiger charge is 2.28. The molecule has 0 bridgehead atoms. The number of benzene rings is 1. The van der Waals surface area contributed by atoms with E-state index in [1.54, 1.807) is 6.07 Å². The molecule has 2 fully saturated rings. The van der Waals surface area contributed by atoms with Gasteiger partial charge in [-0.2, -0.15) is 0 Å². The quantitative estimate of drug-likeness (QED) is 0.647. The molecule has 1 saturated heterocycles. The number of aromatic nitrogens is 3. The van der Waals surface area contributed by atoms with Crippen LogP contribution < -0.4 is 9.62 Å². The number of nitrogens with one attached hydrogen (secondary N) is 1. The zero-order valence-electron chi connectivity index (χ0n) is 16.2. The van der Waals surface area contributed by atoms with E-state index < -0.39 is 10.0 Å². The van der Waals surface area contributed by atoms with Crippen molar-refractivity contribution in [1.82, 2.24) is 19.3 Å². The Morgan fingerprint density at radius 2 is 1.93 bits per heavy atom. The van der Waals surface area contributed by atoms with Gasteiger partial charge in [-0.05, 0) is 55.9 Å². The van der Waals surface area contributed by atoms with Gasteiger partial charge < -0.3 is 9.47 Å². The maximum atomic E-state index is 12.4. The molecular formula is C21H25N5O2S. The molecule has 1 aliphatic heterocycles. The van der Waals surface area contributed by atoms with E-state index in [-0.39, 0.29) is 4.90 Å². The lowest BCUT2D eigenvalue weighted by Gasteiger charge is -2.26. The lowest BCUT2D eigenvalue weighted by Crippen LogP contribution is -2.33. The Morgan fingerprint density at radius 1 is 1.07 bits per heavy atom. The first-order valence-electron chi connectivity index (χ1n) is 10.2. The van der Waals surface area contributed by atoms with Gasteiger partial charge >= 0.3 is 0 Å². The predicted octanol–water partition coefficient (Wildman–Crippen LogP) is 2.79. The van der Waals surface area contributed by atoms with Crippen LogP contribution in [0.4, 0.5) is 5.82 Å². The lowest BCUT2D eigenvalue weighted by molar-refractivity contribution is 0.556. The molecule has 3 heterocycles. The molecule has 2 aliphatic rings. The van der Waals surface area contributed by atoms with Crippen molar-refractivity contribution in [2.24, 2.45) is 5.92 Å². The van der Waals surface area contributed by atoms with Gasteiger partial charge in [-0.1, -0.05) is 12.1 Å². The number of hydrogen-bond donors (Lipinski definition) is 1. The maximum absolute atomic E-state index is 12.4. The van der Waals surface area contributed by atoms with E-state index in [1.165, 1.54) is 6.20 Å². The highest BCUT2D eigenvalue weighted by molar-refractivity contribution is 7.89. The molecule has 5 rings (SSSR count). The van der Waals surface area contributed by atoms with Gasteiger partial charge in [0.05, 0.1) is 17.4 Å². The Balaban J connectivity index is 1.31. The average molecular weight is 412 g/mol. The molecule has 0 radical (unpaired) electrons. The first-order valence-corrected chi connectivity index (χ1v) is 11.7. The molecule has 1 atom stereocenters. The highest BCUT2D eigenvalue weighted by atomic mass is 32.2. The molecule has 2 aromatic heterocycles. The topological polar surface area (TPSA) is 80.1 Å². The van der Waals surface area contributed by atoms with Gasteiger partial charge in [0.15, 0.2) is 0 Å². The summed E-state index contributed by atoms with van der Waals surface area (Å²) in [7, 11) is -3.48. The third-order valence-corrected chi connectivity index (χ3v) is 7.31. The van der Waals surface area contributed by atoms with Crippen LogP contribution in [0, 0.1) is 5.92 Å². The minimum absolute atomic E-state index is 0.234. The van der Waals surface area contributed by atoms with Crippen LogP contribution in [0.1, 0.15) is 25.7 Å². The van der Waals surface area contributed by atoms with Gasteiger partial charge in [0.25, 0.3) is 0 Å². The van der Waals surface area contributed by atoms with Crippen LogP contribution in [0.3, 0.4) is 0 Å². The number of nitrogens with zero attached hydrogens (tertiary/aromatic N) is 4. The summed E-state index contributed by atoms with van der Waals surface area (Å²) in [5, 5.41) is 0.